The van der Waals surface area contributed by atoms with E-state index in [2.05, 4.69) is 34.4 Å². The van der Waals surface area contributed by atoms with Crippen molar-refractivity contribution in [3.63, 3.8) is 0 Å². The van der Waals surface area contributed by atoms with E-state index in [-0.39, 0.29) is 48.8 Å². The van der Waals surface area contributed by atoms with Crippen molar-refractivity contribution < 1.29 is 33.8 Å². The maximum absolute atomic E-state index is 14.3. The number of carboxylic acids is 1. The largest absolute Gasteiger partial charge is 0.480 e. The number of rotatable bonds is 13. The highest BCUT2D eigenvalue weighted by Crippen LogP contribution is 2.48. The van der Waals surface area contributed by atoms with E-state index in [1.54, 1.807) is 0 Å². The van der Waals surface area contributed by atoms with E-state index in [0.29, 0.717) is 75.1 Å². The molecule has 6 rings (SSSR count). The van der Waals surface area contributed by atoms with Crippen LogP contribution in [0.25, 0.3) is 22.1 Å². The molecule has 6 atom stereocenters. The van der Waals surface area contributed by atoms with Gasteiger partial charge in [0.25, 0.3) is 0 Å². The molecule has 0 saturated heterocycles. The average molecular weight is 781 g/mol. The number of carbonyl (C=O) groups excluding carboxylic acids is 4. The highest BCUT2D eigenvalue weighted by atomic mass is 16.5. The molecule has 1 unspecified atom stereocenters. The number of ketones is 2. The molecule has 8 bridgehead atoms. The van der Waals surface area contributed by atoms with Gasteiger partial charge in [0.05, 0.1) is 23.8 Å². The van der Waals surface area contributed by atoms with Crippen LogP contribution in [0.1, 0.15) is 156 Å². The van der Waals surface area contributed by atoms with Gasteiger partial charge in [-0.15, -0.1) is 0 Å². The number of nitrogens with zero attached hydrogens (tertiary/aromatic N) is 2. The molecular weight excluding hydrogens is 729 g/mol. The minimum absolute atomic E-state index is 0.0529. The van der Waals surface area contributed by atoms with Crippen LogP contribution >= 0.6 is 0 Å². The molecule has 3 aromatic heterocycles. The number of aromatic amines is 2. The van der Waals surface area contributed by atoms with Gasteiger partial charge in [-0.25, -0.2) is 4.79 Å². The number of hydrogen-bond donors (Lipinski definition) is 7. The number of Topliss-reactive ketones (excluding diaryl/α,β-unsaturated/α-hetero) is 2. The van der Waals surface area contributed by atoms with E-state index in [9.17, 15) is 29.1 Å². The minimum Gasteiger partial charge on any atom is -0.480 e. The zero-order valence-electron chi connectivity index (χ0n) is 33.5. The fourth-order valence-electron chi connectivity index (χ4n) is 8.84. The zero-order chi connectivity index (χ0) is 41.5. The number of ether oxygens (including phenoxy) is 1. The van der Waals surface area contributed by atoms with Crippen LogP contribution in [-0.4, -0.2) is 80.1 Å². The molecule has 0 radical (unpaired) electrons. The molecule has 1 aliphatic carbocycles. The average Bonchev–Trinajstić information content (AvgIpc) is 3.90. The fourth-order valence-corrected chi connectivity index (χ4v) is 8.84. The first-order valence-electron chi connectivity index (χ1n) is 19.6. The normalized spacial score (nSPS) is 20.3. The van der Waals surface area contributed by atoms with E-state index < -0.39 is 41.5 Å². The van der Waals surface area contributed by atoms with Crippen molar-refractivity contribution in [2.24, 2.45) is 5.73 Å². The van der Waals surface area contributed by atoms with Crippen molar-refractivity contribution in [3.8, 4) is 0 Å². The molecule has 0 aromatic carbocycles. The summed E-state index contributed by atoms with van der Waals surface area (Å²) < 4.78 is 5.21. The van der Waals surface area contributed by atoms with Crippen LogP contribution in [0.3, 0.4) is 0 Å². The van der Waals surface area contributed by atoms with E-state index >= 15 is 0 Å². The maximum Gasteiger partial charge on any atom is 0.326 e. The van der Waals surface area contributed by atoms with Gasteiger partial charge < -0.3 is 36.2 Å². The second kappa shape index (κ2) is 16.3. The van der Waals surface area contributed by atoms with Gasteiger partial charge in [-0.3, -0.25) is 34.6 Å². The Hall–Kier alpha value is -5.86. The van der Waals surface area contributed by atoms with Gasteiger partial charge in [0.15, 0.2) is 17.5 Å². The van der Waals surface area contributed by atoms with Gasteiger partial charge in [-0.2, -0.15) is 0 Å². The number of nitrogens with one attached hydrogen (secondary N) is 5. The number of amides is 1. The van der Waals surface area contributed by atoms with Crippen LogP contribution in [-0.2, 0) is 19.1 Å². The highest BCUT2D eigenvalue weighted by Gasteiger charge is 2.45. The third kappa shape index (κ3) is 7.66. The van der Waals surface area contributed by atoms with Gasteiger partial charge in [-0.05, 0) is 82.2 Å². The molecule has 0 saturated carbocycles. The van der Waals surface area contributed by atoms with Gasteiger partial charge in [0.1, 0.15) is 12.0 Å². The van der Waals surface area contributed by atoms with Crippen LogP contribution < -0.4 is 16.4 Å². The molecule has 5 heterocycles. The van der Waals surface area contributed by atoms with Crippen LogP contribution in [0, 0.1) is 19.3 Å². The van der Waals surface area contributed by atoms with Crippen molar-refractivity contribution in [1.29, 1.82) is 5.41 Å². The van der Waals surface area contributed by atoms with Gasteiger partial charge in [-0.1, -0.05) is 20.8 Å². The Morgan fingerprint density at radius 2 is 1.61 bits per heavy atom. The van der Waals surface area contributed by atoms with Crippen molar-refractivity contribution >= 4 is 57.4 Å². The van der Waals surface area contributed by atoms with E-state index in [0.717, 1.165) is 23.4 Å². The topological polar surface area (TPSA) is 246 Å². The molecule has 1 amide bonds. The van der Waals surface area contributed by atoms with Crippen molar-refractivity contribution in [2.75, 3.05) is 13.7 Å². The number of esters is 1. The summed E-state index contributed by atoms with van der Waals surface area (Å²) in [5.41, 5.74) is 13.3. The molecule has 0 spiro atoms. The Balaban J connectivity index is 1.52. The number of guanidine groups is 1. The van der Waals surface area contributed by atoms with Gasteiger partial charge in [0, 0.05) is 81.4 Å². The predicted octanol–water partition coefficient (Wildman–Crippen LogP) is 5.77. The number of aryl methyl sites for hydroxylation is 2. The van der Waals surface area contributed by atoms with Crippen LogP contribution in [0.4, 0.5) is 0 Å². The maximum atomic E-state index is 14.3. The SMILES string of the molecule is CC[C@H]1c2cc3[nH]c4c(c3C)C(=O)C(C(=O)OC)c4c3nc(cc4[nH]c(cc(n2)[C@@H]1C)c(C(C)=O)c4C)[C@@H](C)[C@@H]3CCC(=O)N[C@@H](CCCCNC(=N)N)C(=O)O. The third-order valence-electron chi connectivity index (χ3n) is 12.0. The Bertz CT molecular complexity index is 2340. The quantitative estimate of drug-likeness (QED) is 0.0274. The van der Waals surface area contributed by atoms with Crippen LogP contribution in [0.2, 0.25) is 0 Å². The molecule has 15 nitrogen and oxygen atoms in total. The van der Waals surface area contributed by atoms with Crippen LogP contribution in [0.15, 0.2) is 18.2 Å². The first-order chi connectivity index (χ1) is 27.1. The summed E-state index contributed by atoms with van der Waals surface area (Å²) >= 11 is 0. The first kappa shape index (κ1) is 40.8. The van der Waals surface area contributed by atoms with Gasteiger partial charge >= 0.3 is 11.9 Å². The third-order valence-corrected chi connectivity index (χ3v) is 12.0. The van der Waals surface area contributed by atoms with E-state index in [4.69, 9.17) is 25.8 Å². The monoisotopic (exact) mass is 780 g/mol. The van der Waals surface area contributed by atoms with Crippen molar-refractivity contribution in [3.05, 3.63) is 68.8 Å². The number of aliphatic carboxylic acids is 1. The lowest BCUT2D eigenvalue weighted by molar-refractivity contribution is -0.142. The molecule has 2 aliphatic heterocycles. The number of carbonyl (C=O) groups is 5. The number of carboxylic acid groups (broad SMARTS) is 1. The number of aromatic nitrogens is 4. The number of nitrogens with two attached hydrogens (primary N) is 1. The lowest BCUT2D eigenvalue weighted by Crippen LogP contribution is -2.41. The Labute approximate surface area is 330 Å². The fraction of sp³-hybridized carbons (Fsp3) is 0.476. The minimum atomic E-state index is -1.29. The molecule has 0 fully saturated rings. The lowest BCUT2D eigenvalue weighted by atomic mass is 9.83. The van der Waals surface area contributed by atoms with Crippen molar-refractivity contribution in [1.82, 2.24) is 30.6 Å². The van der Waals surface area contributed by atoms with Gasteiger partial charge in [0.2, 0.25) is 5.91 Å². The smallest absolute Gasteiger partial charge is 0.326 e. The summed E-state index contributed by atoms with van der Waals surface area (Å²) in [6, 6.07) is 4.68. The molecule has 302 valence electrons. The second-order valence-electron chi connectivity index (χ2n) is 15.5. The van der Waals surface area contributed by atoms with Crippen LogP contribution in [0.5, 0.6) is 0 Å². The number of H-pyrrole nitrogens is 2. The number of methoxy groups -OCH3 is 1. The summed E-state index contributed by atoms with van der Waals surface area (Å²) in [7, 11) is 1.24. The molecular formula is C42H52N8O7. The lowest BCUT2D eigenvalue weighted by Gasteiger charge is -2.20. The van der Waals surface area contributed by atoms with E-state index in [1.807, 2.05) is 39.0 Å². The molecule has 8 N–H and O–H groups in total. The predicted molar refractivity (Wildman–Crippen MR) is 215 cm³/mol. The molecule has 15 heteroatoms. The molecule has 3 aliphatic rings. The standard InChI is InChI=1S/C42H52N8O7/c1-8-23-18(2)26-17-31-33(22(6)51)20(4)28(47-31)15-27-19(3)24(12-13-32(52)48-25(40(54)55)11-9-10-14-45-42(43)44)37(49-27)35-36(41(56)57-7)39(53)34-21(5)29(50-38(34)35)16-30(23)46-26/h15-19,23-25,36,47,50H,8-14H2,1-7H3,(H,48,52)(H,54,55)(H4,43,44,45)/t18-,19+,23-,24+,25+,36?/m1/s1. The Kier molecular flexibility index (Phi) is 11.7. The summed E-state index contributed by atoms with van der Waals surface area (Å²) in [6.07, 6.45) is 2.21. The Morgan fingerprint density at radius 3 is 2.26 bits per heavy atom. The summed E-state index contributed by atoms with van der Waals surface area (Å²) in [5.74, 6) is -4.97. The molecule has 57 heavy (non-hydrogen) atoms. The Morgan fingerprint density at radius 1 is 0.965 bits per heavy atom. The first-order valence-corrected chi connectivity index (χ1v) is 19.6. The van der Waals surface area contributed by atoms with E-state index in [1.165, 1.54) is 14.0 Å². The molecule has 3 aromatic rings. The zero-order valence-corrected chi connectivity index (χ0v) is 33.5. The second-order valence-corrected chi connectivity index (χ2v) is 15.5. The van der Waals surface area contributed by atoms with Crippen molar-refractivity contribution in [2.45, 2.75) is 116 Å². The summed E-state index contributed by atoms with van der Waals surface area (Å²) in [6.45, 7) is 11.9. The summed E-state index contributed by atoms with van der Waals surface area (Å²) in [4.78, 5) is 83.6. The highest BCUT2D eigenvalue weighted by molar-refractivity contribution is 6.23. The number of fused-ring (bicyclic) bond motifs is 8. The number of hydrogen-bond acceptors (Lipinski definition) is 9. The summed E-state index contributed by atoms with van der Waals surface area (Å²) in [5, 5.41) is 22.5. The number of unbranched alkanes of at least 4 members (excludes halogenated alkanes) is 1.